The van der Waals surface area contributed by atoms with Gasteiger partial charge in [-0.15, -0.1) is 0 Å². The van der Waals surface area contributed by atoms with Crippen molar-refractivity contribution in [1.29, 1.82) is 0 Å². The van der Waals surface area contributed by atoms with Crippen LogP contribution in [0.1, 0.15) is 16.1 Å². The topological polar surface area (TPSA) is 75.7 Å². The van der Waals surface area contributed by atoms with E-state index in [2.05, 4.69) is 15.5 Å². The normalized spacial score (nSPS) is 10.7. The van der Waals surface area contributed by atoms with Crippen LogP contribution >= 0.6 is 23.2 Å². The molecule has 0 radical (unpaired) electrons. The number of methoxy groups -OCH3 is 2. The standard InChI is InChI=1S/C14H13Cl2N3O3/c1-21-11-4-3-8(5-12(11)22-2)7-17-19-14(20)10-6-9(15)13(16)18-10/h3-7,18H,1-2H3,(H,19,20)/b17-7+. The summed E-state index contributed by atoms with van der Waals surface area (Å²) in [5.41, 5.74) is 3.32. The average Bonchev–Trinajstić information content (AvgIpc) is 2.86. The van der Waals surface area contributed by atoms with Crippen molar-refractivity contribution < 1.29 is 14.3 Å². The molecule has 1 heterocycles. The molecule has 0 spiro atoms. The molecule has 116 valence electrons. The second-order valence-corrected chi connectivity index (χ2v) is 4.94. The molecule has 0 aliphatic rings. The molecular weight excluding hydrogens is 329 g/mol. The number of H-pyrrole nitrogens is 1. The molecule has 1 aromatic carbocycles. The van der Waals surface area contributed by atoms with Gasteiger partial charge in [0.05, 0.1) is 25.5 Å². The highest BCUT2D eigenvalue weighted by molar-refractivity contribution is 6.41. The summed E-state index contributed by atoms with van der Waals surface area (Å²) in [6.07, 6.45) is 1.48. The summed E-state index contributed by atoms with van der Waals surface area (Å²) in [5.74, 6) is 0.727. The van der Waals surface area contributed by atoms with Crippen LogP contribution in [0.4, 0.5) is 0 Å². The average molecular weight is 342 g/mol. The lowest BCUT2D eigenvalue weighted by Gasteiger charge is -2.07. The van der Waals surface area contributed by atoms with Crippen LogP contribution in [-0.2, 0) is 0 Å². The van der Waals surface area contributed by atoms with Gasteiger partial charge in [-0.3, -0.25) is 4.79 Å². The third-order valence-electron chi connectivity index (χ3n) is 2.76. The summed E-state index contributed by atoms with van der Waals surface area (Å²) < 4.78 is 10.3. The molecule has 1 aromatic heterocycles. The zero-order chi connectivity index (χ0) is 16.1. The molecule has 2 N–H and O–H groups in total. The lowest BCUT2D eigenvalue weighted by Crippen LogP contribution is -2.17. The fraction of sp³-hybridized carbons (Fsp3) is 0.143. The summed E-state index contributed by atoms with van der Waals surface area (Å²) in [4.78, 5) is 14.4. The van der Waals surface area contributed by atoms with Crippen molar-refractivity contribution in [3.8, 4) is 11.5 Å². The van der Waals surface area contributed by atoms with Gasteiger partial charge in [0.1, 0.15) is 10.8 Å². The van der Waals surface area contributed by atoms with E-state index in [0.29, 0.717) is 11.5 Å². The van der Waals surface area contributed by atoms with Gasteiger partial charge in [0, 0.05) is 0 Å². The van der Waals surface area contributed by atoms with Gasteiger partial charge in [0.2, 0.25) is 0 Å². The van der Waals surface area contributed by atoms with Crippen molar-refractivity contribution in [3.05, 3.63) is 45.7 Å². The molecule has 6 nitrogen and oxygen atoms in total. The minimum Gasteiger partial charge on any atom is -0.493 e. The first kappa shape index (κ1) is 16.2. The third kappa shape index (κ3) is 3.72. The fourth-order valence-electron chi connectivity index (χ4n) is 1.69. The first-order valence-corrected chi connectivity index (χ1v) is 6.90. The fourth-order valence-corrected chi connectivity index (χ4v) is 2.00. The maximum atomic E-state index is 11.8. The van der Waals surface area contributed by atoms with Crippen LogP contribution in [0.25, 0.3) is 0 Å². The molecule has 0 fully saturated rings. The Morgan fingerprint density at radius 1 is 1.23 bits per heavy atom. The molecule has 0 saturated carbocycles. The quantitative estimate of drug-likeness (QED) is 0.648. The number of aromatic amines is 1. The zero-order valence-electron chi connectivity index (χ0n) is 11.8. The largest absolute Gasteiger partial charge is 0.493 e. The van der Waals surface area contributed by atoms with Crippen molar-refractivity contribution in [2.24, 2.45) is 5.10 Å². The number of carbonyl (C=O) groups is 1. The van der Waals surface area contributed by atoms with Crippen molar-refractivity contribution in [3.63, 3.8) is 0 Å². The molecular formula is C14H13Cl2N3O3. The van der Waals surface area contributed by atoms with E-state index in [1.54, 1.807) is 32.4 Å². The Morgan fingerprint density at radius 3 is 2.55 bits per heavy atom. The van der Waals surface area contributed by atoms with Crippen molar-refractivity contribution in [2.45, 2.75) is 0 Å². The highest BCUT2D eigenvalue weighted by Crippen LogP contribution is 2.26. The van der Waals surface area contributed by atoms with E-state index in [-0.39, 0.29) is 15.9 Å². The summed E-state index contributed by atoms with van der Waals surface area (Å²) in [6, 6.07) is 6.67. The minimum atomic E-state index is -0.453. The second-order valence-electron chi connectivity index (χ2n) is 4.16. The Balaban J connectivity index is 2.04. The number of benzene rings is 1. The Morgan fingerprint density at radius 2 is 1.95 bits per heavy atom. The van der Waals surface area contributed by atoms with E-state index in [4.69, 9.17) is 32.7 Å². The van der Waals surface area contributed by atoms with E-state index in [1.807, 2.05) is 0 Å². The Hall–Kier alpha value is -2.18. The molecule has 0 atom stereocenters. The van der Waals surface area contributed by atoms with E-state index in [1.165, 1.54) is 12.3 Å². The smallest absolute Gasteiger partial charge is 0.287 e. The first-order valence-electron chi connectivity index (χ1n) is 6.14. The number of halogens is 2. The number of ether oxygens (including phenoxy) is 2. The Bertz CT molecular complexity index is 694. The summed E-state index contributed by atoms with van der Waals surface area (Å²) in [5, 5.41) is 4.34. The van der Waals surface area contributed by atoms with Gasteiger partial charge < -0.3 is 14.5 Å². The number of aromatic nitrogens is 1. The van der Waals surface area contributed by atoms with Crippen LogP contribution in [0.15, 0.2) is 29.4 Å². The van der Waals surface area contributed by atoms with Gasteiger partial charge in [0.25, 0.3) is 5.91 Å². The number of hydrazone groups is 1. The maximum absolute atomic E-state index is 11.8. The number of amides is 1. The SMILES string of the molecule is COc1ccc(/C=N/NC(=O)c2cc(Cl)c(Cl)[nH]2)cc1OC. The van der Waals surface area contributed by atoms with Gasteiger partial charge in [-0.2, -0.15) is 5.10 Å². The number of hydrogen-bond donors (Lipinski definition) is 2. The molecule has 0 saturated heterocycles. The maximum Gasteiger partial charge on any atom is 0.287 e. The highest BCUT2D eigenvalue weighted by Gasteiger charge is 2.10. The summed E-state index contributed by atoms with van der Waals surface area (Å²) >= 11 is 11.5. The van der Waals surface area contributed by atoms with E-state index in [9.17, 15) is 4.79 Å². The zero-order valence-corrected chi connectivity index (χ0v) is 13.3. The Labute approximate surface area is 137 Å². The lowest BCUT2D eigenvalue weighted by atomic mass is 10.2. The summed E-state index contributed by atoms with van der Waals surface area (Å²) in [6.45, 7) is 0. The number of carbonyl (C=O) groups excluding carboxylic acids is 1. The predicted octanol–water partition coefficient (Wildman–Crippen LogP) is 3.10. The van der Waals surface area contributed by atoms with Crippen LogP contribution in [0.3, 0.4) is 0 Å². The predicted molar refractivity (Wildman–Crippen MR) is 85.4 cm³/mol. The van der Waals surface area contributed by atoms with Gasteiger partial charge in [-0.1, -0.05) is 23.2 Å². The van der Waals surface area contributed by atoms with Crippen LogP contribution < -0.4 is 14.9 Å². The highest BCUT2D eigenvalue weighted by atomic mass is 35.5. The Kier molecular flexibility index (Phi) is 5.30. The second kappa shape index (κ2) is 7.20. The molecule has 0 aliphatic heterocycles. The van der Waals surface area contributed by atoms with Gasteiger partial charge in [-0.25, -0.2) is 5.43 Å². The van der Waals surface area contributed by atoms with Crippen LogP contribution in [-0.4, -0.2) is 31.3 Å². The van der Waals surface area contributed by atoms with Gasteiger partial charge in [-0.05, 0) is 29.8 Å². The summed E-state index contributed by atoms with van der Waals surface area (Å²) in [7, 11) is 3.09. The molecule has 2 aromatic rings. The van der Waals surface area contributed by atoms with Gasteiger partial charge in [0.15, 0.2) is 11.5 Å². The van der Waals surface area contributed by atoms with Gasteiger partial charge >= 0.3 is 0 Å². The minimum absolute atomic E-state index is 0.204. The lowest BCUT2D eigenvalue weighted by molar-refractivity contribution is 0.0951. The van der Waals surface area contributed by atoms with E-state index >= 15 is 0 Å². The van der Waals surface area contributed by atoms with Crippen LogP contribution in [0.2, 0.25) is 10.2 Å². The van der Waals surface area contributed by atoms with E-state index in [0.717, 1.165) is 5.56 Å². The molecule has 0 bridgehead atoms. The van der Waals surface area contributed by atoms with Crippen molar-refractivity contribution in [1.82, 2.24) is 10.4 Å². The molecule has 0 unspecified atom stereocenters. The molecule has 0 aliphatic carbocycles. The molecule has 2 rings (SSSR count). The van der Waals surface area contributed by atoms with Crippen molar-refractivity contribution >= 4 is 35.3 Å². The number of hydrogen-bond acceptors (Lipinski definition) is 4. The molecule has 8 heteroatoms. The van der Waals surface area contributed by atoms with Crippen LogP contribution in [0.5, 0.6) is 11.5 Å². The number of nitrogens with one attached hydrogen (secondary N) is 2. The van der Waals surface area contributed by atoms with Crippen LogP contribution in [0, 0.1) is 0 Å². The number of rotatable bonds is 5. The van der Waals surface area contributed by atoms with E-state index < -0.39 is 5.91 Å². The van der Waals surface area contributed by atoms with Crippen molar-refractivity contribution in [2.75, 3.05) is 14.2 Å². The molecule has 22 heavy (non-hydrogen) atoms. The monoisotopic (exact) mass is 341 g/mol. The molecule has 1 amide bonds. The third-order valence-corrected chi connectivity index (χ3v) is 3.45. The number of nitrogens with zero attached hydrogens (tertiary/aromatic N) is 1. The first-order chi connectivity index (χ1) is 10.5.